The second-order valence-electron chi connectivity index (χ2n) is 7.66. The molecule has 4 rings (SSSR count). The Bertz CT molecular complexity index is 948. The second kappa shape index (κ2) is 8.46. The Morgan fingerprint density at radius 2 is 1.86 bits per heavy atom. The smallest absolute Gasteiger partial charge is 0.230 e. The van der Waals surface area contributed by atoms with E-state index in [1.807, 2.05) is 53.4 Å². The molecular formula is C23H24N4O2. The lowest BCUT2D eigenvalue weighted by Crippen LogP contribution is -2.40. The highest BCUT2D eigenvalue weighted by Gasteiger charge is 2.33. The minimum Gasteiger partial charge on any atom is -0.341 e. The van der Waals surface area contributed by atoms with Crippen molar-refractivity contribution >= 4 is 17.5 Å². The first-order chi connectivity index (χ1) is 14.1. The molecule has 2 aliphatic rings. The van der Waals surface area contributed by atoms with Crippen LogP contribution in [0.3, 0.4) is 0 Å². The van der Waals surface area contributed by atoms with E-state index >= 15 is 0 Å². The quantitative estimate of drug-likeness (QED) is 0.877. The van der Waals surface area contributed by atoms with Crippen molar-refractivity contribution in [2.75, 3.05) is 31.5 Å². The van der Waals surface area contributed by atoms with E-state index in [2.05, 4.69) is 16.3 Å². The highest BCUT2D eigenvalue weighted by atomic mass is 16.2. The number of hydrogen-bond donors (Lipinski definition) is 1. The van der Waals surface area contributed by atoms with Crippen molar-refractivity contribution in [3.63, 3.8) is 0 Å². The normalized spacial score (nSPS) is 19.6. The Morgan fingerprint density at radius 1 is 1.07 bits per heavy atom. The summed E-state index contributed by atoms with van der Waals surface area (Å²) in [4.78, 5) is 29.6. The first-order valence-corrected chi connectivity index (χ1v) is 10.0. The number of carbonyl (C=O) groups is 2. The molecule has 2 aliphatic heterocycles. The third-order valence-corrected chi connectivity index (χ3v) is 5.69. The Labute approximate surface area is 170 Å². The lowest BCUT2D eigenvalue weighted by molar-refractivity contribution is -0.134. The maximum absolute atomic E-state index is 13.2. The molecule has 0 radical (unpaired) electrons. The van der Waals surface area contributed by atoms with Gasteiger partial charge in [0, 0.05) is 44.8 Å². The van der Waals surface area contributed by atoms with Crippen molar-refractivity contribution in [1.29, 1.82) is 5.26 Å². The van der Waals surface area contributed by atoms with Gasteiger partial charge in [0.2, 0.25) is 11.8 Å². The van der Waals surface area contributed by atoms with Gasteiger partial charge in [0.15, 0.2) is 0 Å². The molecule has 1 unspecified atom stereocenters. The predicted octanol–water partition coefficient (Wildman–Crippen LogP) is 2.72. The van der Waals surface area contributed by atoms with Crippen LogP contribution in [-0.2, 0) is 16.1 Å². The third-order valence-electron chi connectivity index (χ3n) is 5.69. The fraction of sp³-hybridized carbons (Fsp3) is 0.348. The number of benzene rings is 2. The van der Waals surface area contributed by atoms with E-state index < -0.39 is 5.92 Å². The topological polar surface area (TPSA) is 76.4 Å². The molecule has 0 saturated carbocycles. The number of hydrogen-bond acceptors (Lipinski definition) is 4. The second-order valence-corrected chi connectivity index (χ2v) is 7.66. The van der Waals surface area contributed by atoms with Crippen molar-refractivity contribution in [1.82, 2.24) is 9.80 Å². The summed E-state index contributed by atoms with van der Waals surface area (Å²) in [6.07, 6.45) is 1.11. The van der Waals surface area contributed by atoms with Crippen LogP contribution in [-0.4, -0.2) is 47.8 Å². The average molecular weight is 388 g/mol. The van der Waals surface area contributed by atoms with E-state index in [1.54, 1.807) is 0 Å². The van der Waals surface area contributed by atoms with Crippen LogP contribution in [0.15, 0.2) is 48.5 Å². The van der Waals surface area contributed by atoms with Gasteiger partial charge in [-0.25, -0.2) is 0 Å². The lowest BCUT2D eigenvalue weighted by Gasteiger charge is -2.30. The number of nitriles is 1. The van der Waals surface area contributed by atoms with Gasteiger partial charge in [0.05, 0.1) is 17.6 Å². The number of para-hydroxylation sites is 1. The van der Waals surface area contributed by atoms with Gasteiger partial charge in [-0.05, 0) is 35.7 Å². The summed E-state index contributed by atoms with van der Waals surface area (Å²) in [5, 5.41) is 11.8. The van der Waals surface area contributed by atoms with Crippen molar-refractivity contribution in [3.05, 3.63) is 65.2 Å². The minimum absolute atomic E-state index is 0.0486. The Kier molecular flexibility index (Phi) is 5.59. The molecule has 1 saturated heterocycles. The number of nitrogens with one attached hydrogen (secondary N) is 1. The van der Waals surface area contributed by atoms with Crippen LogP contribution in [0.1, 0.15) is 35.4 Å². The van der Waals surface area contributed by atoms with E-state index in [9.17, 15) is 9.59 Å². The van der Waals surface area contributed by atoms with Gasteiger partial charge < -0.3 is 10.2 Å². The fourth-order valence-corrected chi connectivity index (χ4v) is 4.14. The zero-order chi connectivity index (χ0) is 20.2. The summed E-state index contributed by atoms with van der Waals surface area (Å²) in [5.41, 5.74) is 3.50. The summed E-state index contributed by atoms with van der Waals surface area (Å²) >= 11 is 0. The lowest BCUT2D eigenvalue weighted by atomic mass is 9.89. The van der Waals surface area contributed by atoms with Gasteiger partial charge in [-0.1, -0.05) is 30.3 Å². The molecule has 0 spiro atoms. The molecule has 1 fully saturated rings. The van der Waals surface area contributed by atoms with Gasteiger partial charge in [-0.3, -0.25) is 14.5 Å². The molecule has 0 aliphatic carbocycles. The van der Waals surface area contributed by atoms with Gasteiger partial charge >= 0.3 is 0 Å². The number of amides is 2. The van der Waals surface area contributed by atoms with Gasteiger partial charge in [0.1, 0.15) is 0 Å². The molecule has 2 aromatic rings. The number of rotatable bonds is 3. The van der Waals surface area contributed by atoms with Gasteiger partial charge in [-0.2, -0.15) is 5.26 Å². The first kappa shape index (κ1) is 19.2. The van der Waals surface area contributed by atoms with E-state index in [-0.39, 0.29) is 18.2 Å². The van der Waals surface area contributed by atoms with Crippen LogP contribution in [0.25, 0.3) is 0 Å². The molecule has 2 heterocycles. The molecular weight excluding hydrogens is 364 g/mol. The van der Waals surface area contributed by atoms with Crippen molar-refractivity contribution < 1.29 is 9.59 Å². The summed E-state index contributed by atoms with van der Waals surface area (Å²) < 4.78 is 0. The summed E-state index contributed by atoms with van der Waals surface area (Å²) in [6, 6.07) is 17.4. The predicted molar refractivity (Wildman–Crippen MR) is 110 cm³/mol. The number of anilines is 1. The molecule has 1 N–H and O–H groups in total. The van der Waals surface area contributed by atoms with Crippen LogP contribution in [0.2, 0.25) is 0 Å². The summed E-state index contributed by atoms with van der Waals surface area (Å²) in [6.45, 7) is 3.90. The molecule has 0 aromatic heterocycles. The molecule has 6 nitrogen and oxygen atoms in total. The number of fused-ring (bicyclic) bond motifs is 1. The first-order valence-electron chi connectivity index (χ1n) is 10.0. The Hall–Kier alpha value is -3.17. The van der Waals surface area contributed by atoms with E-state index in [0.717, 1.165) is 37.3 Å². The van der Waals surface area contributed by atoms with Crippen molar-refractivity contribution in [2.24, 2.45) is 0 Å². The zero-order valence-electron chi connectivity index (χ0n) is 16.3. The minimum atomic E-state index is -0.398. The highest BCUT2D eigenvalue weighted by Crippen LogP contribution is 2.33. The SMILES string of the molecule is N#Cc1ccc(CN2CCCN(C(=O)C3CC(=O)Nc4ccccc43)CC2)cc1. The maximum atomic E-state index is 13.2. The van der Waals surface area contributed by atoms with E-state index in [0.29, 0.717) is 18.7 Å². The molecule has 0 bridgehead atoms. The zero-order valence-corrected chi connectivity index (χ0v) is 16.3. The number of carbonyl (C=O) groups excluding carboxylic acids is 2. The average Bonchev–Trinajstić information content (AvgIpc) is 2.99. The molecule has 148 valence electrons. The molecule has 1 atom stereocenters. The maximum Gasteiger partial charge on any atom is 0.230 e. The van der Waals surface area contributed by atoms with E-state index in [4.69, 9.17) is 5.26 Å². The van der Waals surface area contributed by atoms with Crippen LogP contribution in [0.5, 0.6) is 0 Å². The third kappa shape index (κ3) is 4.30. The fourth-order valence-electron chi connectivity index (χ4n) is 4.14. The van der Waals surface area contributed by atoms with Crippen LogP contribution < -0.4 is 5.32 Å². The van der Waals surface area contributed by atoms with Gasteiger partial charge in [-0.15, -0.1) is 0 Å². The Morgan fingerprint density at radius 3 is 2.66 bits per heavy atom. The van der Waals surface area contributed by atoms with Crippen molar-refractivity contribution in [2.45, 2.75) is 25.3 Å². The molecule has 6 heteroatoms. The van der Waals surface area contributed by atoms with Crippen LogP contribution in [0, 0.1) is 11.3 Å². The summed E-state index contributed by atoms with van der Waals surface area (Å²) in [5.74, 6) is -0.447. The highest BCUT2D eigenvalue weighted by molar-refractivity contribution is 6.01. The van der Waals surface area contributed by atoms with Gasteiger partial charge in [0.25, 0.3) is 0 Å². The molecule has 29 heavy (non-hydrogen) atoms. The van der Waals surface area contributed by atoms with Crippen molar-refractivity contribution in [3.8, 4) is 6.07 Å². The van der Waals surface area contributed by atoms with Crippen LogP contribution >= 0.6 is 0 Å². The standard InChI is InChI=1S/C23H24N4O2/c24-15-17-6-8-18(9-7-17)16-26-10-3-11-27(13-12-26)23(29)20-14-22(28)25-21-5-2-1-4-19(20)21/h1-2,4-9,20H,3,10-14,16H2,(H,25,28). The van der Waals surface area contributed by atoms with Crippen LogP contribution in [0.4, 0.5) is 5.69 Å². The number of nitrogens with zero attached hydrogens (tertiary/aromatic N) is 3. The molecule has 2 amide bonds. The largest absolute Gasteiger partial charge is 0.341 e. The Balaban J connectivity index is 1.41. The van der Waals surface area contributed by atoms with E-state index in [1.165, 1.54) is 5.56 Å². The monoisotopic (exact) mass is 388 g/mol. The molecule has 2 aromatic carbocycles. The summed E-state index contributed by atoms with van der Waals surface area (Å²) in [7, 11) is 0.